The van der Waals surface area contributed by atoms with Crippen molar-refractivity contribution in [2.75, 3.05) is 53.0 Å². The van der Waals surface area contributed by atoms with E-state index in [1.54, 1.807) is 7.11 Å². The van der Waals surface area contributed by atoms with Gasteiger partial charge in [0.05, 0.1) is 6.61 Å². The maximum absolute atomic E-state index is 5.16. The number of ether oxygens (including phenoxy) is 1. The van der Waals surface area contributed by atoms with Crippen LogP contribution in [0.1, 0.15) is 24.6 Å². The van der Waals surface area contributed by atoms with Crippen LogP contribution in [0.25, 0.3) is 0 Å². The smallest absolute Gasteiger partial charge is 0.191 e. The van der Waals surface area contributed by atoms with E-state index in [0.29, 0.717) is 5.92 Å². The second-order valence-corrected chi connectivity index (χ2v) is 7.29. The molecule has 2 heterocycles. The Balaban J connectivity index is 1.68. The third-order valence-electron chi connectivity index (χ3n) is 4.41. The summed E-state index contributed by atoms with van der Waals surface area (Å²) in [4.78, 5) is 8.71. The molecule has 2 N–H and O–H groups in total. The zero-order valence-corrected chi connectivity index (χ0v) is 15.9. The van der Waals surface area contributed by atoms with E-state index in [0.717, 1.165) is 45.2 Å². The van der Waals surface area contributed by atoms with E-state index in [1.165, 1.54) is 30.8 Å². The standard InChI is InChI=1S/C18H32N4OS/c1-3-19-18(20-9-6-17-5-4-14-24-17)21-15-16-7-10-22(11-8-16)12-13-23-2/h4-5,14,16H,3,6-13,15H2,1-2H3,(H2,19,20,21). The summed E-state index contributed by atoms with van der Waals surface area (Å²) in [5, 5.41) is 8.94. The number of piperidine rings is 1. The molecule has 1 aliphatic rings. The van der Waals surface area contributed by atoms with Crippen LogP contribution >= 0.6 is 11.3 Å². The van der Waals surface area contributed by atoms with Gasteiger partial charge < -0.3 is 20.3 Å². The number of aliphatic imine (C=N–C) groups is 1. The fourth-order valence-electron chi connectivity index (χ4n) is 2.93. The molecule has 1 fully saturated rings. The van der Waals surface area contributed by atoms with Crippen LogP contribution in [-0.2, 0) is 11.2 Å². The molecule has 0 aliphatic carbocycles. The number of nitrogens with one attached hydrogen (secondary N) is 2. The predicted octanol–water partition coefficient (Wildman–Crippen LogP) is 2.20. The third kappa shape index (κ3) is 7.20. The monoisotopic (exact) mass is 352 g/mol. The summed E-state index contributed by atoms with van der Waals surface area (Å²) in [6.45, 7) is 9.11. The van der Waals surface area contributed by atoms with Gasteiger partial charge >= 0.3 is 0 Å². The second-order valence-electron chi connectivity index (χ2n) is 6.25. The number of hydrogen-bond donors (Lipinski definition) is 2. The van der Waals surface area contributed by atoms with Crippen LogP contribution in [0.15, 0.2) is 22.5 Å². The highest BCUT2D eigenvalue weighted by Gasteiger charge is 2.18. The molecule has 1 aromatic heterocycles. The predicted molar refractivity (Wildman–Crippen MR) is 103 cm³/mol. The second kappa shape index (κ2) is 11.4. The van der Waals surface area contributed by atoms with E-state index in [4.69, 9.17) is 9.73 Å². The van der Waals surface area contributed by atoms with E-state index < -0.39 is 0 Å². The van der Waals surface area contributed by atoms with E-state index >= 15 is 0 Å². The van der Waals surface area contributed by atoms with Crippen molar-refractivity contribution in [1.82, 2.24) is 15.5 Å². The molecule has 2 rings (SSSR count). The van der Waals surface area contributed by atoms with Gasteiger partial charge in [0.25, 0.3) is 0 Å². The van der Waals surface area contributed by atoms with Gasteiger partial charge in [0.1, 0.15) is 0 Å². The summed E-state index contributed by atoms with van der Waals surface area (Å²) in [7, 11) is 1.77. The van der Waals surface area contributed by atoms with Crippen molar-refractivity contribution < 1.29 is 4.74 Å². The van der Waals surface area contributed by atoms with Gasteiger partial charge in [-0.15, -0.1) is 11.3 Å². The van der Waals surface area contributed by atoms with Crippen molar-refractivity contribution >= 4 is 17.3 Å². The summed E-state index contributed by atoms with van der Waals surface area (Å²) in [6, 6.07) is 4.30. The topological polar surface area (TPSA) is 48.9 Å². The molecule has 0 amide bonds. The molecule has 0 bridgehead atoms. The zero-order chi connectivity index (χ0) is 17.0. The van der Waals surface area contributed by atoms with Gasteiger partial charge in [0.2, 0.25) is 0 Å². The van der Waals surface area contributed by atoms with Crippen molar-refractivity contribution in [2.24, 2.45) is 10.9 Å². The summed E-state index contributed by atoms with van der Waals surface area (Å²) >= 11 is 1.82. The van der Waals surface area contributed by atoms with Gasteiger partial charge in [-0.3, -0.25) is 4.99 Å². The molecular formula is C18H32N4OS. The van der Waals surface area contributed by atoms with Crippen molar-refractivity contribution in [3.63, 3.8) is 0 Å². The molecule has 0 atom stereocenters. The maximum atomic E-state index is 5.16. The number of thiophene rings is 1. The average molecular weight is 353 g/mol. The summed E-state index contributed by atoms with van der Waals surface area (Å²) in [6.07, 6.45) is 3.53. The molecule has 0 aromatic carbocycles. The zero-order valence-electron chi connectivity index (χ0n) is 15.1. The number of methoxy groups -OCH3 is 1. The SMILES string of the molecule is CCNC(=NCC1CCN(CCOC)CC1)NCCc1cccs1. The lowest BCUT2D eigenvalue weighted by Gasteiger charge is -2.31. The van der Waals surface area contributed by atoms with Crippen LogP contribution in [0, 0.1) is 5.92 Å². The first-order chi connectivity index (χ1) is 11.8. The lowest BCUT2D eigenvalue weighted by molar-refractivity contribution is 0.121. The molecule has 0 saturated carbocycles. The van der Waals surface area contributed by atoms with E-state index in [-0.39, 0.29) is 0 Å². The minimum absolute atomic E-state index is 0.705. The molecule has 0 radical (unpaired) electrons. The van der Waals surface area contributed by atoms with Gasteiger partial charge in [-0.1, -0.05) is 6.07 Å². The fraction of sp³-hybridized carbons (Fsp3) is 0.722. The van der Waals surface area contributed by atoms with E-state index in [1.807, 2.05) is 11.3 Å². The van der Waals surface area contributed by atoms with Gasteiger partial charge in [-0.25, -0.2) is 0 Å². The Hall–Kier alpha value is -1.11. The van der Waals surface area contributed by atoms with Crippen LogP contribution in [0.4, 0.5) is 0 Å². The minimum Gasteiger partial charge on any atom is -0.383 e. The average Bonchev–Trinajstić information content (AvgIpc) is 3.12. The Labute approximate surface area is 150 Å². The van der Waals surface area contributed by atoms with Gasteiger partial charge in [0, 0.05) is 38.2 Å². The van der Waals surface area contributed by atoms with E-state index in [2.05, 4.69) is 40.0 Å². The molecule has 24 heavy (non-hydrogen) atoms. The maximum Gasteiger partial charge on any atom is 0.191 e. The highest BCUT2D eigenvalue weighted by molar-refractivity contribution is 7.09. The lowest BCUT2D eigenvalue weighted by atomic mass is 9.97. The van der Waals surface area contributed by atoms with Crippen molar-refractivity contribution in [1.29, 1.82) is 0 Å². The quantitative estimate of drug-likeness (QED) is 0.528. The molecular weight excluding hydrogens is 320 g/mol. The Kier molecular flexibility index (Phi) is 9.16. The minimum atomic E-state index is 0.705. The number of likely N-dealkylation sites (tertiary alicyclic amines) is 1. The van der Waals surface area contributed by atoms with Crippen LogP contribution < -0.4 is 10.6 Å². The molecule has 0 unspecified atom stereocenters. The largest absolute Gasteiger partial charge is 0.383 e. The van der Waals surface area contributed by atoms with Crippen LogP contribution in [-0.4, -0.2) is 63.8 Å². The number of nitrogens with zero attached hydrogens (tertiary/aromatic N) is 2. The molecule has 0 spiro atoms. The first kappa shape index (κ1) is 19.2. The van der Waals surface area contributed by atoms with Crippen LogP contribution in [0.2, 0.25) is 0 Å². The first-order valence-electron chi connectivity index (χ1n) is 9.07. The summed E-state index contributed by atoms with van der Waals surface area (Å²) in [5.74, 6) is 1.66. The Morgan fingerprint density at radius 3 is 2.88 bits per heavy atom. The number of hydrogen-bond acceptors (Lipinski definition) is 4. The first-order valence-corrected chi connectivity index (χ1v) is 9.95. The highest BCUT2D eigenvalue weighted by atomic mass is 32.1. The van der Waals surface area contributed by atoms with Gasteiger partial charge in [-0.05, 0) is 56.6 Å². The van der Waals surface area contributed by atoms with Crippen LogP contribution in [0.5, 0.6) is 0 Å². The molecule has 136 valence electrons. The Bertz CT molecular complexity index is 456. The third-order valence-corrected chi connectivity index (χ3v) is 5.35. The van der Waals surface area contributed by atoms with Crippen molar-refractivity contribution in [3.8, 4) is 0 Å². The molecule has 6 heteroatoms. The molecule has 1 saturated heterocycles. The van der Waals surface area contributed by atoms with Crippen LogP contribution in [0.3, 0.4) is 0 Å². The van der Waals surface area contributed by atoms with E-state index in [9.17, 15) is 0 Å². The number of rotatable bonds is 9. The molecule has 1 aliphatic heterocycles. The Morgan fingerprint density at radius 2 is 2.21 bits per heavy atom. The fourth-order valence-corrected chi connectivity index (χ4v) is 3.64. The lowest BCUT2D eigenvalue weighted by Crippen LogP contribution is -2.40. The van der Waals surface area contributed by atoms with Crippen molar-refractivity contribution in [3.05, 3.63) is 22.4 Å². The molecule has 5 nitrogen and oxygen atoms in total. The summed E-state index contributed by atoms with van der Waals surface area (Å²) in [5.41, 5.74) is 0. The normalized spacial score (nSPS) is 17.2. The molecule has 1 aromatic rings. The number of guanidine groups is 1. The summed E-state index contributed by atoms with van der Waals surface area (Å²) < 4.78 is 5.16. The van der Waals surface area contributed by atoms with Crippen molar-refractivity contribution in [2.45, 2.75) is 26.2 Å². The van der Waals surface area contributed by atoms with Gasteiger partial charge in [-0.2, -0.15) is 0 Å². The highest BCUT2D eigenvalue weighted by Crippen LogP contribution is 2.17. The van der Waals surface area contributed by atoms with Gasteiger partial charge in [0.15, 0.2) is 5.96 Å². The Morgan fingerprint density at radius 1 is 1.38 bits per heavy atom.